The SMILES string of the molecule is C=C=CN=NCC=C. The van der Waals surface area contributed by atoms with E-state index in [9.17, 15) is 0 Å². The fourth-order valence-corrected chi connectivity index (χ4v) is 0.187. The van der Waals surface area contributed by atoms with Crippen molar-refractivity contribution in [3.8, 4) is 0 Å². The second kappa shape index (κ2) is 5.86. The predicted octanol–water partition coefficient (Wildman–Crippen LogP) is 1.92. The van der Waals surface area contributed by atoms with Crippen molar-refractivity contribution in [2.45, 2.75) is 0 Å². The summed E-state index contributed by atoms with van der Waals surface area (Å²) in [7, 11) is 0. The van der Waals surface area contributed by atoms with E-state index in [0.29, 0.717) is 6.54 Å². The maximum Gasteiger partial charge on any atom is 0.0904 e. The van der Waals surface area contributed by atoms with Crippen LogP contribution in [0.25, 0.3) is 0 Å². The van der Waals surface area contributed by atoms with Crippen molar-refractivity contribution in [3.05, 3.63) is 31.2 Å². The lowest BCUT2D eigenvalue weighted by molar-refractivity contribution is 1.07. The molecule has 0 amide bonds. The third-order valence-corrected chi connectivity index (χ3v) is 0.441. The van der Waals surface area contributed by atoms with Gasteiger partial charge < -0.3 is 0 Å². The van der Waals surface area contributed by atoms with Gasteiger partial charge in [-0.3, -0.25) is 0 Å². The normalized spacial score (nSPS) is 8.50. The van der Waals surface area contributed by atoms with E-state index >= 15 is 0 Å². The largest absolute Gasteiger partial charge is 0.184 e. The van der Waals surface area contributed by atoms with Gasteiger partial charge in [-0.15, -0.1) is 12.3 Å². The zero-order valence-electron chi connectivity index (χ0n) is 4.67. The molecule has 0 aromatic rings. The standard InChI is InChI=1S/C6H8N2/c1-3-5-7-8-6-4-2/h3,6H,1-2,5H2. The minimum atomic E-state index is 0.554. The Bertz CT molecular complexity index is 129. The maximum absolute atomic E-state index is 3.63. The molecule has 0 atom stereocenters. The minimum Gasteiger partial charge on any atom is -0.184 e. The van der Waals surface area contributed by atoms with Crippen molar-refractivity contribution in [1.82, 2.24) is 0 Å². The molecule has 0 N–H and O–H groups in total. The summed E-state index contributed by atoms with van der Waals surface area (Å²) >= 11 is 0. The first-order chi connectivity index (χ1) is 3.91. The van der Waals surface area contributed by atoms with Crippen molar-refractivity contribution < 1.29 is 0 Å². The van der Waals surface area contributed by atoms with E-state index < -0.39 is 0 Å². The Kier molecular flexibility index (Phi) is 5.02. The molecule has 0 saturated heterocycles. The summed E-state index contributed by atoms with van der Waals surface area (Å²) in [5.74, 6) is 0. The first-order valence-electron chi connectivity index (χ1n) is 2.23. The first kappa shape index (κ1) is 6.86. The molecule has 0 saturated carbocycles. The topological polar surface area (TPSA) is 24.7 Å². The van der Waals surface area contributed by atoms with Crippen LogP contribution in [0.3, 0.4) is 0 Å². The molecule has 0 heterocycles. The van der Waals surface area contributed by atoms with Gasteiger partial charge in [0.15, 0.2) is 0 Å². The highest BCUT2D eigenvalue weighted by molar-refractivity contribution is 4.73. The molecule has 8 heavy (non-hydrogen) atoms. The van der Waals surface area contributed by atoms with Gasteiger partial charge in [0, 0.05) is 0 Å². The van der Waals surface area contributed by atoms with Gasteiger partial charge >= 0.3 is 0 Å². The lowest BCUT2D eigenvalue weighted by Crippen LogP contribution is -1.62. The average molecular weight is 108 g/mol. The van der Waals surface area contributed by atoms with E-state index in [2.05, 4.69) is 29.1 Å². The molecular weight excluding hydrogens is 100 g/mol. The molecule has 0 aromatic heterocycles. The molecule has 0 radical (unpaired) electrons. The van der Waals surface area contributed by atoms with Crippen LogP contribution in [0.4, 0.5) is 0 Å². The molecule has 0 aliphatic rings. The summed E-state index contributed by atoms with van der Waals surface area (Å²) < 4.78 is 0. The van der Waals surface area contributed by atoms with Crippen molar-refractivity contribution in [1.29, 1.82) is 0 Å². The smallest absolute Gasteiger partial charge is 0.0904 e. The fourth-order valence-electron chi connectivity index (χ4n) is 0.187. The molecule has 0 unspecified atom stereocenters. The summed E-state index contributed by atoms with van der Waals surface area (Å²) in [6, 6.07) is 0. The van der Waals surface area contributed by atoms with Crippen LogP contribution in [0.1, 0.15) is 0 Å². The van der Waals surface area contributed by atoms with Gasteiger partial charge in [0.1, 0.15) is 0 Å². The van der Waals surface area contributed by atoms with Gasteiger partial charge in [0.25, 0.3) is 0 Å². The van der Waals surface area contributed by atoms with Crippen LogP contribution in [0.15, 0.2) is 41.4 Å². The van der Waals surface area contributed by atoms with E-state index in [1.54, 1.807) is 6.08 Å². The third-order valence-electron chi connectivity index (χ3n) is 0.441. The van der Waals surface area contributed by atoms with Gasteiger partial charge in [0.2, 0.25) is 0 Å². The Morgan fingerprint density at radius 1 is 1.62 bits per heavy atom. The minimum absolute atomic E-state index is 0.554. The molecule has 42 valence electrons. The molecule has 0 rings (SSSR count). The zero-order chi connectivity index (χ0) is 6.24. The number of nitrogens with zero attached hydrogens (tertiary/aromatic N) is 2. The van der Waals surface area contributed by atoms with Crippen molar-refractivity contribution >= 4 is 0 Å². The van der Waals surface area contributed by atoms with Crippen molar-refractivity contribution in [3.63, 3.8) is 0 Å². The second-order valence-electron chi connectivity index (χ2n) is 1.06. The van der Waals surface area contributed by atoms with E-state index in [0.717, 1.165) is 0 Å². The predicted molar refractivity (Wildman–Crippen MR) is 33.6 cm³/mol. The molecule has 2 heteroatoms. The molecule has 0 bridgehead atoms. The maximum atomic E-state index is 3.63. The van der Waals surface area contributed by atoms with Crippen LogP contribution in [-0.2, 0) is 0 Å². The van der Waals surface area contributed by atoms with E-state index in [-0.39, 0.29) is 0 Å². The molecule has 0 aliphatic carbocycles. The zero-order valence-corrected chi connectivity index (χ0v) is 4.67. The van der Waals surface area contributed by atoms with Crippen LogP contribution in [0.5, 0.6) is 0 Å². The second-order valence-corrected chi connectivity index (χ2v) is 1.06. The average Bonchev–Trinajstić information content (AvgIpc) is 1.81. The number of azo groups is 1. The Morgan fingerprint density at radius 3 is 2.88 bits per heavy atom. The Balaban J connectivity index is 3.33. The van der Waals surface area contributed by atoms with Gasteiger partial charge in [-0.2, -0.15) is 10.2 Å². The highest BCUT2D eigenvalue weighted by Crippen LogP contribution is 1.75. The van der Waals surface area contributed by atoms with E-state index in [4.69, 9.17) is 0 Å². The van der Waals surface area contributed by atoms with Crippen LogP contribution in [-0.4, -0.2) is 6.54 Å². The van der Waals surface area contributed by atoms with Gasteiger partial charge in [0.05, 0.1) is 12.7 Å². The highest BCUT2D eigenvalue weighted by Gasteiger charge is 1.61. The molecule has 0 aliphatic heterocycles. The summed E-state index contributed by atoms with van der Waals surface area (Å²) in [5.41, 5.74) is 2.46. The van der Waals surface area contributed by atoms with Crippen LogP contribution < -0.4 is 0 Å². The Labute approximate surface area is 48.9 Å². The third kappa shape index (κ3) is 4.86. The molecular formula is C6H8N2. The van der Waals surface area contributed by atoms with Crippen molar-refractivity contribution in [2.75, 3.05) is 6.54 Å². The van der Waals surface area contributed by atoms with Gasteiger partial charge in [-0.1, -0.05) is 12.7 Å². The molecule has 0 fully saturated rings. The fraction of sp³-hybridized carbons (Fsp3) is 0.167. The number of rotatable bonds is 3. The molecule has 0 spiro atoms. The quantitative estimate of drug-likeness (QED) is 0.300. The van der Waals surface area contributed by atoms with Gasteiger partial charge in [-0.25, -0.2) is 0 Å². The van der Waals surface area contributed by atoms with E-state index in [1.807, 2.05) is 0 Å². The molecule has 0 aromatic carbocycles. The van der Waals surface area contributed by atoms with Crippen LogP contribution in [0.2, 0.25) is 0 Å². The van der Waals surface area contributed by atoms with Gasteiger partial charge in [-0.05, 0) is 0 Å². The first-order valence-corrected chi connectivity index (χ1v) is 2.23. The summed E-state index contributed by atoms with van der Waals surface area (Å²) in [4.78, 5) is 0. The highest BCUT2D eigenvalue weighted by atomic mass is 15.1. The number of hydrogen-bond acceptors (Lipinski definition) is 2. The van der Waals surface area contributed by atoms with E-state index in [1.165, 1.54) is 6.20 Å². The van der Waals surface area contributed by atoms with Crippen LogP contribution >= 0.6 is 0 Å². The lowest BCUT2D eigenvalue weighted by Gasteiger charge is -1.72. The molecule has 2 nitrogen and oxygen atoms in total. The monoisotopic (exact) mass is 108 g/mol. The summed E-state index contributed by atoms with van der Waals surface area (Å²) in [5, 5.41) is 7.16. The summed E-state index contributed by atoms with van der Waals surface area (Å²) in [6.07, 6.45) is 3.07. The van der Waals surface area contributed by atoms with Crippen LogP contribution in [0, 0.1) is 0 Å². The number of hydrogen-bond donors (Lipinski definition) is 0. The Morgan fingerprint density at radius 2 is 2.38 bits per heavy atom. The summed E-state index contributed by atoms with van der Waals surface area (Å²) in [6.45, 7) is 7.31. The van der Waals surface area contributed by atoms with Crippen molar-refractivity contribution in [2.24, 2.45) is 10.2 Å². The Hall–Kier alpha value is -1.14. The lowest BCUT2D eigenvalue weighted by atomic mass is 10.7.